The van der Waals surface area contributed by atoms with Gasteiger partial charge >= 0.3 is 5.97 Å². The minimum atomic E-state index is -1.10. The molecule has 0 aliphatic rings. The Bertz CT molecular complexity index is 270. The largest absolute Gasteiger partial charge is 0.504 e. The third-order valence-electron chi connectivity index (χ3n) is 0.809. The second kappa shape index (κ2) is 5.16. The molecule has 0 aliphatic carbocycles. The molecular formula is C8H8O3. The first kappa shape index (κ1) is 9.35. The van der Waals surface area contributed by atoms with Crippen LogP contribution in [0.2, 0.25) is 0 Å². The van der Waals surface area contributed by atoms with Gasteiger partial charge < -0.3 is 10.2 Å². The van der Waals surface area contributed by atoms with Crippen molar-refractivity contribution in [1.29, 1.82) is 0 Å². The summed E-state index contributed by atoms with van der Waals surface area (Å²) in [4.78, 5) is 9.86. The van der Waals surface area contributed by atoms with Gasteiger partial charge in [0.2, 0.25) is 0 Å². The van der Waals surface area contributed by atoms with Crippen LogP contribution in [0.15, 0.2) is 29.0 Å². The fraction of sp³-hybridized carbons (Fsp3) is 0.250. The van der Waals surface area contributed by atoms with Crippen LogP contribution in [0.1, 0.15) is 13.3 Å². The molecule has 0 aromatic rings. The van der Waals surface area contributed by atoms with E-state index in [1.165, 1.54) is 0 Å². The van der Waals surface area contributed by atoms with Crippen molar-refractivity contribution in [2.24, 2.45) is 0 Å². The summed E-state index contributed by atoms with van der Waals surface area (Å²) < 4.78 is 0. The molecule has 0 aliphatic heterocycles. The number of carboxylic acids is 1. The van der Waals surface area contributed by atoms with Crippen molar-refractivity contribution >= 4 is 5.97 Å². The predicted octanol–water partition coefficient (Wildman–Crippen LogP) is 1.39. The second-order valence-electron chi connectivity index (χ2n) is 1.68. The first-order valence-electron chi connectivity index (χ1n) is 3.04. The number of allylic oxidation sites excluding steroid dienone is 1. The lowest BCUT2D eigenvalue weighted by Gasteiger charge is -1.80. The van der Waals surface area contributed by atoms with Crippen molar-refractivity contribution in [2.45, 2.75) is 13.3 Å². The van der Waals surface area contributed by atoms with Gasteiger partial charge in [0.05, 0.1) is 6.08 Å². The number of aliphatic hydroxyl groups is 1. The van der Waals surface area contributed by atoms with Gasteiger partial charge in [-0.25, -0.2) is 4.79 Å². The maximum Gasteiger partial charge on any atom is 0.336 e. The van der Waals surface area contributed by atoms with Gasteiger partial charge in [0.25, 0.3) is 0 Å². The number of hydrogen-bond donors (Lipinski definition) is 2. The number of aliphatic hydroxyl groups excluding tert-OH is 1. The quantitative estimate of drug-likeness (QED) is 0.357. The molecule has 0 fully saturated rings. The Morgan fingerprint density at radius 3 is 2.64 bits per heavy atom. The maximum absolute atomic E-state index is 9.86. The first-order chi connectivity index (χ1) is 5.16. The third-order valence-corrected chi connectivity index (χ3v) is 0.809. The molecule has 0 rings (SSSR count). The normalized spacial score (nSPS) is 7.00. The number of aliphatic carboxylic acids is 1. The summed E-state index contributed by atoms with van der Waals surface area (Å²) in [6, 6.07) is 0. The highest BCUT2D eigenvalue weighted by Gasteiger charge is 1.79. The Labute approximate surface area is 64.3 Å². The molecule has 58 valence electrons. The topological polar surface area (TPSA) is 57.5 Å². The van der Waals surface area contributed by atoms with E-state index in [1.54, 1.807) is 6.92 Å². The molecule has 0 unspecified atom stereocenters. The van der Waals surface area contributed by atoms with Crippen LogP contribution in [0.25, 0.3) is 0 Å². The molecule has 0 radical (unpaired) electrons. The van der Waals surface area contributed by atoms with Gasteiger partial charge in [-0.15, -0.1) is 0 Å². The molecule has 0 bridgehead atoms. The molecule has 2 N–H and O–H groups in total. The Kier molecular flexibility index (Phi) is 4.39. The van der Waals surface area contributed by atoms with Crippen molar-refractivity contribution in [3.05, 3.63) is 29.0 Å². The SMILES string of the molecule is CCC(O)=C=C=C=CC(=O)O. The molecule has 0 saturated carbocycles. The molecule has 0 atom stereocenters. The van der Waals surface area contributed by atoms with Crippen molar-refractivity contribution < 1.29 is 15.0 Å². The highest BCUT2D eigenvalue weighted by atomic mass is 16.4. The van der Waals surface area contributed by atoms with Gasteiger partial charge in [-0.05, 0) is 11.5 Å². The summed E-state index contributed by atoms with van der Waals surface area (Å²) >= 11 is 0. The van der Waals surface area contributed by atoms with E-state index in [4.69, 9.17) is 10.2 Å². The molecule has 0 aromatic heterocycles. The van der Waals surface area contributed by atoms with E-state index in [0.29, 0.717) is 6.42 Å². The summed E-state index contributed by atoms with van der Waals surface area (Å²) in [6.45, 7) is 1.74. The van der Waals surface area contributed by atoms with E-state index >= 15 is 0 Å². The average molecular weight is 152 g/mol. The van der Waals surface area contributed by atoms with Crippen LogP contribution in [0, 0.1) is 0 Å². The van der Waals surface area contributed by atoms with Crippen LogP contribution in [0.4, 0.5) is 0 Å². The molecular weight excluding hydrogens is 144 g/mol. The standard InChI is InChI=1S/C8H8O3/c1-2-7(9)5-3-4-6-8(10)11/h6,9H,2H2,1H3,(H,10,11). The minimum Gasteiger partial charge on any atom is -0.504 e. The van der Waals surface area contributed by atoms with E-state index in [9.17, 15) is 4.79 Å². The zero-order valence-electron chi connectivity index (χ0n) is 6.09. The van der Waals surface area contributed by atoms with Gasteiger partial charge in [0, 0.05) is 6.42 Å². The van der Waals surface area contributed by atoms with Crippen LogP contribution in [0.3, 0.4) is 0 Å². The molecule has 0 saturated heterocycles. The van der Waals surface area contributed by atoms with E-state index < -0.39 is 5.97 Å². The van der Waals surface area contributed by atoms with Crippen LogP contribution in [0.5, 0.6) is 0 Å². The maximum atomic E-state index is 9.86. The smallest absolute Gasteiger partial charge is 0.336 e. The number of hydrogen-bond acceptors (Lipinski definition) is 2. The van der Waals surface area contributed by atoms with Crippen molar-refractivity contribution in [1.82, 2.24) is 0 Å². The lowest BCUT2D eigenvalue weighted by molar-refractivity contribution is -0.131. The van der Waals surface area contributed by atoms with Crippen molar-refractivity contribution in [3.8, 4) is 0 Å². The highest BCUT2D eigenvalue weighted by molar-refractivity contribution is 5.79. The van der Waals surface area contributed by atoms with Gasteiger partial charge in [0.1, 0.15) is 5.76 Å². The molecule has 0 spiro atoms. The summed E-state index contributed by atoms with van der Waals surface area (Å²) in [7, 11) is 0. The average Bonchev–Trinajstić information content (AvgIpc) is 1.97. The van der Waals surface area contributed by atoms with Crippen LogP contribution in [-0.2, 0) is 4.79 Å². The molecule has 3 nitrogen and oxygen atoms in total. The monoisotopic (exact) mass is 152 g/mol. The van der Waals surface area contributed by atoms with E-state index in [1.807, 2.05) is 0 Å². The van der Waals surface area contributed by atoms with Crippen LogP contribution < -0.4 is 0 Å². The summed E-state index contributed by atoms with van der Waals surface area (Å²) in [5.41, 5.74) is 6.73. The van der Waals surface area contributed by atoms with Crippen LogP contribution in [-0.4, -0.2) is 16.2 Å². The highest BCUT2D eigenvalue weighted by Crippen LogP contribution is 1.87. The summed E-state index contributed by atoms with van der Waals surface area (Å²) in [5, 5.41) is 16.8. The Balaban J connectivity index is 4.57. The third kappa shape index (κ3) is 6.23. The lowest BCUT2D eigenvalue weighted by atomic mass is 10.4. The van der Waals surface area contributed by atoms with Gasteiger partial charge in [-0.3, -0.25) is 0 Å². The Morgan fingerprint density at radius 1 is 1.55 bits per heavy atom. The number of carbonyl (C=O) groups is 1. The summed E-state index contributed by atoms with van der Waals surface area (Å²) in [6.07, 6.45) is 1.23. The van der Waals surface area contributed by atoms with E-state index in [-0.39, 0.29) is 5.76 Å². The molecule has 3 heteroatoms. The molecule has 0 aromatic carbocycles. The van der Waals surface area contributed by atoms with Crippen LogP contribution >= 0.6 is 0 Å². The first-order valence-corrected chi connectivity index (χ1v) is 3.04. The fourth-order valence-corrected chi connectivity index (χ4v) is 0.294. The Morgan fingerprint density at radius 2 is 2.18 bits per heavy atom. The Hall–Kier alpha value is -1.65. The van der Waals surface area contributed by atoms with E-state index in [0.717, 1.165) is 6.08 Å². The zero-order chi connectivity index (χ0) is 8.69. The minimum absolute atomic E-state index is 0.0243. The van der Waals surface area contributed by atoms with Gasteiger partial charge in [-0.1, -0.05) is 12.7 Å². The van der Waals surface area contributed by atoms with Gasteiger partial charge in [-0.2, -0.15) is 0 Å². The number of carboxylic acid groups (broad SMARTS) is 1. The second-order valence-corrected chi connectivity index (χ2v) is 1.68. The molecule has 0 amide bonds. The van der Waals surface area contributed by atoms with Crippen molar-refractivity contribution in [2.75, 3.05) is 0 Å². The summed E-state index contributed by atoms with van der Waals surface area (Å²) in [5.74, 6) is -1.08. The fourth-order valence-electron chi connectivity index (χ4n) is 0.294. The van der Waals surface area contributed by atoms with Gasteiger partial charge in [0.15, 0.2) is 0 Å². The van der Waals surface area contributed by atoms with Crippen molar-refractivity contribution in [3.63, 3.8) is 0 Å². The van der Waals surface area contributed by atoms with E-state index in [2.05, 4.69) is 17.2 Å². The number of rotatable bonds is 2. The predicted molar refractivity (Wildman–Crippen MR) is 39.2 cm³/mol. The molecule has 11 heavy (non-hydrogen) atoms. The lowest BCUT2D eigenvalue weighted by Crippen LogP contribution is -1.82. The molecule has 0 heterocycles. The zero-order valence-corrected chi connectivity index (χ0v) is 6.09.